The first kappa shape index (κ1) is 22.7. The van der Waals surface area contributed by atoms with Crippen molar-refractivity contribution in [3.8, 4) is 0 Å². The van der Waals surface area contributed by atoms with Gasteiger partial charge in [0.2, 0.25) is 5.91 Å². The summed E-state index contributed by atoms with van der Waals surface area (Å²) < 4.78 is 4.58. The molecule has 156 valence electrons. The molecule has 0 aliphatic heterocycles. The van der Waals surface area contributed by atoms with Crippen LogP contribution in [-0.2, 0) is 27.2 Å². The summed E-state index contributed by atoms with van der Waals surface area (Å²) in [6, 6.07) is 9.36. The van der Waals surface area contributed by atoms with Crippen LogP contribution < -0.4 is 10.9 Å². The number of benzene rings is 1. The molecule has 0 unspecified atom stereocenters. The van der Waals surface area contributed by atoms with Gasteiger partial charge in [0.1, 0.15) is 0 Å². The molecule has 1 heterocycles. The quantitative estimate of drug-likeness (QED) is 0.370. The highest BCUT2D eigenvalue weighted by Crippen LogP contribution is 2.17. The van der Waals surface area contributed by atoms with Gasteiger partial charge in [-0.2, -0.15) is 0 Å². The molecule has 1 aromatic carbocycles. The van der Waals surface area contributed by atoms with Gasteiger partial charge in [-0.3, -0.25) is 14.4 Å². The fraction of sp³-hybridized carbons (Fsp3) is 0.429. The van der Waals surface area contributed by atoms with Gasteiger partial charge in [-0.1, -0.05) is 49.9 Å². The van der Waals surface area contributed by atoms with Crippen molar-refractivity contribution in [2.45, 2.75) is 44.8 Å². The molecule has 7 nitrogen and oxygen atoms in total. The number of carbonyl (C=O) groups excluding carboxylic acids is 2. The Labute approximate surface area is 174 Å². The molecule has 1 amide bonds. The van der Waals surface area contributed by atoms with E-state index in [2.05, 4.69) is 46.0 Å². The van der Waals surface area contributed by atoms with E-state index in [4.69, 9.17) is 0 Å². The number of aromatic nitrogens is 2. The van der Waals surface area contributed by atoms with E-state index < -0.39 is 5.97 Å². The molecule has 2 N–H and O–H groups in total. The minimum atomic E-state index is -0.481. The Morgan fingerprint density at radius 3 is 2.52 bits per heavy atom. The van der Waals surface area contributed by atoms with Crippen LogP contribution in [0.15, 0.2) is 40.3 Å². The fourth-order valence-electron chi connectivity index (χ4n) is 2.78. The molecule has 8 heteroatoms. The van der Waals surface area contributed by atoms with Gasteiger partial charge in [-0.15, -0.1) is 0 Å². The second kappa shape index (κ2) is 10.8. The lowest BCUT2D eigenvalue weighted by molar-refractivity contribution is -0.139. The normalized spacial score (nSPS) is 11.9. The lowest BCUT2D eigenvalue weighted by Gasteiger charge is -2.15. The number of nitrogens with one attached hydrogen (secondary N) is 2. The number of hydrogen-bond acceptors (Lipinski definition) is 6. The predicted octanol–water partition coefficient (Wildman–Crippen LogP) is 2.65. The molecule has 1 aromatic heterocycles. The number of rotatable bonds is 9. The highest BCUT2D eigenvalue weighted by Gasteiger charge is 2.12. The Bertz CT molecular complexity index is 894. The first-order valence-electron chi connectivity index (χ1n) is 9.45. The van der Waals surface area contributed by atoms with Gasteiger partial charge >= 0.3 is 5.97 Å². The van der Waals surface area contributed by atoms with Crippen LogP contribution in [0.2, 0.25) is 0 Å². The van der Waals surface area contributed by atoms with Gasteiger partial charge in [0.25, 0.3) is 5.56 Å². The van der Waals surface area contributed by atoms with Gasteiger partial charge in [-0.05, 0) is 30.4 Å². The molecule has 0 bridgehead atoms. The number of esters is 1. The molecule has 1 atom stereocenters. The summed E-state index contributed by atoms with van der Waals surface area (Å²) >= 11 is 1.11. The topological polar surface area (TPSA) is 101 Å². The van der Waals surface area contributed by atoms with Crippen molar-refractivity contribution in [3.63, 3.8) is 0 Å². The van der Waals surface area contributed by atoms with E-state index in [-0.39, 0.29) is 34.8 Å². The zero-order chi connectivity index (χ0) is 21.4. The number of nitrogens with zero attached hydrogens (tertiary/aromatic N) is 1. The van der Waals surface area contributed by atoms with Crippen molar-refractivity contribution in [2.75, 3.05) is 12.9 Å². The minimum Gasteiger partial charge on any atom is -0.469 e. The molecule has 29 heavy (non-hydrogen) atoms. The lowest BCUT2D eigenvalue weighted by Crippen LogP contribution is -2.28. The van der Waals surface area contributed by atoms with Crippen LogP contribution in [0.25, 0.3) is 0 Å². The van der Waals surface area contributed by atoms with Crippen molar-refractivity contribution in [1.82, 2.24) is 15.3 Å². The van der Waals surface area contributed by atoms with Crippen LogP contribution in [0, 0.1) is 5.92 Å². The Morgan fingerprint density at radius 2 is 1.90 bits per heavy atom. The maximum absolute atomic E-state index is 12.3. The number of carbonyl (C=O) groups is 2. The average Bonchev–Trinajstić information content (AvgIpc) is 2.66. The van der Waals surface area contributed by atoms with Crippen LogP contribution in [-0.4, -0.2) is 34.7 Å². The van der Waals surface area contributed by atoms with Gasteiger partial charge in [0.05, 0.1) is 31.0 Å². The Balaban J connectivity index is 1.90. The first-order chi connectivity index (χ1) is 13.8. The van der Waals surface area contributed by atoms with Gasteiger partial charge in [0, 0.05) is 6.07 Å². The summed E-state index contributed by atoms with van der Waals surface area (Å²) in [6.07, 6.45) is 0.932. The lowest BCUT2D eigenvalue weighted by atomic mass is 10.00. The molecule has 0 radical (unpaired) electrons. The number of thioether (sulfide) groups is 1. The van der Waals surface area contributed by atoms with E-state index in [1.807, 2.05) is 19.1 Å². The largest absolute Gasteiger partial charge is 0.469 e. The predicted molar refractivity (Wildman–Crippen MR) is 113 cm³/mol. The summed E-state index contributed by atoms with van der Waals surface area (Å²) in [5.41, 5.74) is 2.23. The van der Waals surface area contributed by atoms with Crippen LogP contribution in [0.3, 0.4) is 0 Å². The molecule has 0 spiro atoms. The summed E-state index contributed by atoms with van der Waals surface area (Å²) in [5, 5.41) is 3.23. The van der Waals surface area contributed by atoms with E-state index in [1.165, 1.54) is 18.7 Å². The standard InChI is InChI=1S/C21H27N3O4S/c1-13(2)9-15-5-7-16(8-6-15)14(3)22-19(26)12-29-21-23-17(10-18(25)24-21)11-20(27)28-4/h5-8,10,13-14H,9,11-12H2,1-4H3,(H,22,26)(H,23,24,25)/t14-/m1/s1. The molecule has 0 aliphatic rings. The monoisotopic (exact) mass is 417 g/mol. The van der Waals surface area contributed by atoms with Crippen molar-refractivity contribution in [3.05, 3.63) is 57.5 Å². The maximum atomic E-state index is 12.3. The van der Waals surface area contributed by atoms with Gasteiger partial charge in [0.15, 0.2) is 5.16 Å². The zero-order valence-corrected chi connectivity index (χ0v) is 18.0. The molecule has 0 saturated heterocycles. The zero-order valence-electron chi connectivity index (χ0n) is 17.2. The van der Waals surface area contributed by atoms with E-state index >= 15 is 0 Å². The van der Waals surface area contributed by atoms with E-state index in [9.17, 15) is 14.4 Å². The smallest absolute Gasteiger partial charge is 0.311 e. The molecule has 2 aromatic rings. The van der Waals surface area contributed by atoms with Crippen molar-refractivity contribution >= 4 is 23.6 Å². The molecule has 0 saturated carbocycles. The van der Waals surface area contributed by atoms with E-state index in [0.29, 0.717) is 11.6 Å². The fourth-order valence-corrected chi connectivity index (χ4v) is 3.48. The van der Waals surface area contributed by atoms with Gasteiger partial charge < -0.3 is 15.0 Å². The average molecular weight is 418 g/mol. The second-order valence-electron chi connectivity index (χ2n) is 7.21. The maximum Gasteiger partial charge on any atom is 0.311 e. The van der Waals surface area contributed by atoms with Crippen molar-refractivity contribution in [1.29, 1.82) is 0 Å². The van der Waals surface area contributed by atoms with Crippen LogP contribution in [0.5, 0.6) is 0 Å². The molecule has 2 rings (SSSR count). The highest BCUT2D eigenvalue weighted by molar-refractivity contribution is 7.99. The molecular weight excluding hydrogens is 390 g/mol. The number of H-pyrrole nitrogens is 1. The summed E-state index contributed by atoms with van der Waals surface area (Å²) in [4.78, 5) is 42.1. The number of aromatic amines is 1. The summed E-state index contributed by atoms with van der Waals surface area (Å²) in [5.74, 6) is 0.0430. The highest BCUT2D eigenvalue weighted by atomic mass is 32.2. The van der Waals surface area contributed by atoms with Crippen LogP contribution >= 0.6 is 11.8 Å². The molecule has 0 fully saturated rings. The third-order valence-electron chi connectivity index (χ3n) is 4.17. The minimum absolute atomic E-state index is 0.0932. The summed E-state index contributed by atoms with van der Waals surface area (Å²) in [6.45, 7) is 6.29. The van der Waals surface area contributed by atoms with Crippen LogP contribution in [0.1, 0.15) is 43.6 Å². The Hall–Kier alpha value is -2.61. The molecular formula is C21H27N3O4S. The summed E-state index contributed by atoms with van der Waals surface area (Å²) in [7, 11) is 1.27. The number of methoxy groups -OCH3 is 1. The van der Waals surface area contributed by atoms with Gasteiger partial charge in [-0.25, -0.2) is 4.98 Å². The van der Waals surface area contributed by atoms with E-state index in [0.717, 1.165) is 23.7 Å². The van der Waals surface area contributed by atoms with Crippen molar-refractivity contribution < 1.29 is 14.3 Å². The second-order valence-corrected chi connectivity index (χ2v) is 8.18. The Morgan fingerprint density at radius 1 is 1.21 bits per heavy atom. The number of amides is 1. The number of hydrogen-bond donors (Lipinski definition) is 2. The SMILES string of the molecule is COC(=O)Cc1cc(=O)[nH]c(SCC(=O)N[C@H](C)c2ccc(CC(C)C)cc2)n1. The number of ether oxygens (including phenoxy) is 1. The first-order valence-corrected chi connectivity index (χ1v) is 10.4. The van der Waals surface area contributed by atoms with Crippen LogP contribution in [0.4, 0.5) is 0 Å². The third kappa shape index (κ3) is 7.73. The van der Waals surface area contributed by atoms with E-state index in [1.54, 1.807) is 0 Å². The Kier molecular flexibility index (Phi) is 8.45. The molecule has 0 aliphatic carbocycles. The third-order valence-corrected chi connectivity index (χ3v) is 5.04. The van der Waals surface area contributed by atoms with Crippen molar-refractivity contribution in [2.24, 2.45) is 5.92 Å².